The molecule has 6 nitrogen and oxygen atoms in total. The Kier molecular flexibility index (Phi) is 7.97. The molecule has 3 aromatic carbocycles. The zero-order valence-electron chi connectivity index (χ0n) is 21.2. The average Bonchev–Trinajstić information content (AvgIpc) is 2.85. The summed E-state index contributed by atoms with van der Waals surface area (Å²) in [5, 5.41) is 7.27. The number of amides is 2. The number of nitrogens with zero attached hydrogens (tertiary/aromatic N) is 2. The molecule has 0 saturated heterocycles. The summed E-state index contributed by atoms with van der Waals surface area (Å²) in [6.45, 7) is 5.09. The first-order valence-corrected chi connectivity index (χ1v) is 12.6. The number of carbonyl (C=O) groups is 2. The predicted octanol–water partition coefficient (Wildman–Crippen LogP) is 5.60. The third kappa shape index (κ3) is 5.89. The number of carbonyl (C=O) groups excluding carboxylic acids is 2. The zero-order chi connectivity index (χ0) is 25.8. The van der Waals surface area contributed by atoms with Crippen LogP contribution in [0.15, 0.2) is 66.7 Å². The lowest BCUT2D eigenvalue weighted by atomic mass is 9.88. The van der Waals surface area contributed by atoms with E-state index in [1.54, 1.807) is 6.92 Å². The van der Waals surface area contributed by atoms with E-state index in [2.05, 4.69) is 23.6 Å². The Morgan fingerprint density at radius 1 is 1.00 bits per heavy atom. The molecule has 0 saturated carbocycles. The fourth-order valence-electron chi connectivity index (χ4n) is 4.72. The topological polar surface area (TPSA) is 64.7 Å². The van der Waals surface area contributed by atoms with Crippen LogP contribution in [0, 0.1) is 0 Å². The summed E-state index contributed by atoms with van der Waals surface area (Å²) in [5.41, 5.74) is 5.66. The first kappa shape index (κ1) is 25.7. The van der Waals surface area contributed by atoms with Crippen molar-refractivity contribution in [2.24, 2.45) is 0 Å². The summed E-state index contributed by atoms with van der Waals surface area (Å²) < 4.78 is 0. The second-order valence-electron chi connectivity index (χ2n) is 9.59. The number of nitrogens with one attached hydrogen (secondary N) is 2. The van der Waals surface area contributed by atoms with Gasteiger partial charge in [0.25, 0.3) is 5.91 Å². The highest BCUT2D eigenvalue weighted by Crippen LogP contribution is 2.41. The van der Waals surface area contributed by atoms with Crippen molar-refractivity contribution >= 4 is 34.8 Å². The van der Waals surface area contributed by atoms with Gasteiger partial charge in [-0.05, 0) is 92.7 Å². The van der Waals surface area contributed by atoms with Crippen molar-refractivity contribution < 1.29 is 9.59 Å². The second-order valence-corrected chi connectivity index (χ2v) is 10.0. The first-order valence-electron chi connectivity index (χ1n) is 12.2. The minimum Gasteiger partial charge on any atom is -0.378 e. The molecule has 3 aromatic rings. The molecule has 2 N–H and O–H groups in total. The molecule has 1 aliphatic heterocycles. The molecule has 0 unspecified atom stereocenters. The number of rotatable bonds is 7. The third-order valence-electron chi connectivity index (χ3n) is 6.53. The van der Waals surface area contributed by atoms with Gasteiger partial charge in [0.1, 0.15) is 0 Å². The highest BCUT2D eigenvalue weighted by Gasteiger charge is 2.32. The van der Waals surface area contributed by atoms with E-state index in [0.717, 1.165) is 41.0 Å². The van der Waals surface area contributed by atoms with Gasteiger partial charge in [0, 0.05) is 48.0 Å². The Morgan fingerprint density at radius 2 is 1.67 bits per heavy atom. The van der Waals surface area contributed by atoms with Crippen LogP contribution in [0.3, 0.4) is 0 Å². The summed E-state index contributed by atoms with van der Waals surface area (Å²) in [7, 11) is 3.96. The molecule has 0 radical (unpaired) electrons. The molecule has 2 amide bonds. The van der Waals surface area contributed by atoms with E-state index in [1.165, 1.54) is 0 Å². The molecule has 1 heterocycles. The second kappa shape index (κ2) is 11.1. The first-order chi connectivity index (χ1) is 17.2. The van der Waals surface area contributed by atoms with E-state index >= 15 is 0 Å². The fourth-order valence-corrected chi connectivity index (χ4v) is 4.84. The molecule has 0 bridgehead atoms. The highest BCUT2D eigenvalue weighted by molar-refractivity contribution is 6.30. The predicted molar refractivity (Wildman–Crippen MR) is 148 cm³/mol. The molecular weight excluding hydrogens is 472 g/mol. The van der Waals surface area contributed by atoms with Crippen molar-refractivity contribution in [3.63, 3.8) is 0 Å². The van der Waals surface area contributed by atoms with Crippen molar-refractivity contribution in [2.45, 2.75) is 32.4 Å². The van der Waals surface area contributed by atoms with Crippen LogP contribution in [0.1, 0.15) is 42.2 Å². The lowest BCUT2D eigenvalue weighted by Crippen LogP contribution is -2.43. The normalized spacial score (nSPS) is 17.0. The van der Waals surface area contributed by atoms with Crippen LogP contribution in [-0.4, -0.2) is 49.9 Å². The Balaban J connectivity index is 1.61. The van der Waals surface area contributed by atoms with E-state index in [4.69, 9.17) is 11.6 Å². The number of hydrogen-bond donors (Lipinski definition) is 2. The number of anilines is 2. The smallest absolute Gasteiger partial charge is 0.251 e. The molecule has 1 aliphatic rings. The Bertz CT molecular complexity index is 1230. The van der Waals surface area contributed by atoms with E-state index in [9.17, 15) is 9.59 Å². The van der Waals surface area contributed by atoms with Crippen LogP contribution in [0.25, 0.3) is 11.1 Å². The van der Waals surface area contributed by atoms with Gasteiger partial charge in [-0.2, -0.15) is 0 Å². The largest absolute Gasteiger partial charge is 0.378 e. The average molecular weight is 505 g/mol. The van der Waals surface area contributed by atoms with E-state index in [-0.39, 0.29) is 23.9 Å². The van der Waals surface area contributed by atoms with Gasteiger partial charge in [0.05, 0.1) is 6.04 Å². The van der Waals surface area contributed by atoms with Crippen molar-refractivity contribution in [1.29, 1.82) is 0 Å². The number of likely N-dealkylation sites (N-methyl/N-ethyl adjacent to an activating group) is 1. The minimum atomic E-state index is -0.0767. The third-order valence-corrected chi connectivity index (χ3v) is 6.78. The van der Waals surface area contributed by atoms with Crippen molar-refractivity contribution in [1.82, 2.24) is 10.2 Å². The van der Waals surface area contributed by atoms with Gasteiger partial charge in [-0.1, -0.05) is 29.8 Å². The number of fused-ring (bicyclic) bond motifs is 1. The Labute approximate surface area is 218 Å². The molecule has 0 fully saturated rings. The molecule has 0 aliphatic carbocycles. The van der Waals surface area contributed by atoms with Gasteiger partial charge in [-0.15, -0.1) is 0 Å². The number of benzene rings is 3. The van der Waals surface area contributed by atoms with Gasteiger partial charge < -0.3 is 20.4 Å². The van der Waals surface area contributed by atoms with E-state index < -0.39 is 0 Å². The maximum Gasteiger partial charge on any atom is 0.251 e. The Hall–Kier alpha value is -3.35. The molecule has 0 spiro atoms. The van der Waals surface area contributed by atoms with Crippen LogP contribution in [0.2, 0.25) is 5.02 Å². The summed E-state index contributed by atoms with van der Waals surface area (Å²) in [5.74, 6) is -0.0433. The van der Waals surface area contributed by atoms with Crippen molar-refractivity contribution in [2.75, 3.05) is 37.4 Å². The summed E-state index contributed by atoms with van der Waals surface area (Å²) in [6, 6.07) is 21.6. The standard InChI is InChI=1S/C29H33ClN4O2/c1-19-17-27(32-25-12-10-24(30)11-13-25)26-18-23(9-14-28(26)34(19)20(2)35)21-5-7-22(8-6-21)29(36)31-15-16-33(3)4/h5-14,18-19,27,32H,15-17H2,1-4H3,(H,31,36)/t19-,27+/m0/s1. The van der Waals surface area contributed by atoms with Gasteiger partial charge in [0.15, 0.2) is 0 Å². The van der Waals surface area contributed by atoms with Crippen molar-refractivity contribution in [3.8, 4) is 11.1 Å². The van der Waals surface area contributed by atoms with Crippen LogP contribution < -0.4 is 15.5 Å². The van der Waals surface area contributed by atoms with Crippen LogP contribution in [0.5, 0.6) is 0 Å². The number of hydrogen-bond acceptors (Lipinski definition) is 4. The van der Waals surface area contributed by atoms with Crippen LogP contribution in [-0.2, 0) is 4.79 Å². The maximum atomic E-state index is 12.5. The SMILES string of the molecule is CC(=O)N1c2ccc(-c3ccc(C(=O)NCCN(C)C)cc3)cc2[C@H](Nc2ccc(Cl)cc2)C[C@@H]1C. The summed E-state index contributed by atoms with van der Waals surface area (Å²) in [6.07, 6.45) is 0.782. The quantitative estimate of drug-likeness (QED) is 0.440. The molecule has 7 heteroatoms. The molecule has 188 valence electrons. The molecular formula is C29H33ClN4O2. The Morgan fingerprint density at radius 3 is 2.31 bits per heavy atom. The maximum absolute atomic E-state index is 12.5. The van der Waals surface area contributed by atoms with Crippen LogP contribution >= 0.6 is 11.6 Å². The molecule has 4 rings (SSSR count). The lowest BCUT2D eigenvalue weighted by Gasteiger charge is -2.39. The highest BCUT2D eigenvalue weighted by atomic mass is 35.5. The van der Waals surface area contributed by atoms with E-state index in [0.29, 0.717) is 17.1 Å². The van der Waals surface area contributed by atoms with Gasteiger partial charge in [0.2, 0.25) is 5.91 Å². The molecule has 2 atom stereocenters. The fraction of sp³-hybridized carbons (Fsp3) is 0.310. The van der Waals surface area contributed by atoms with Crippen LogP contribution in [0.4, 0.5) is 11.4 Å². The van der Waals surface area contributed by atoms with Crippen molar-refractivity contribution in [3.05, 3.63) is 82.9 Å². The van der Waals surface area contributed by atoms with Gasteiger partial charge in [-0.25, -0.2) is 0 Å². The summed E-state index contributed by atoms with van der Waals surface area (Å²) >= 11 is 6.07. The molecule has 0 aromatic heterocycles. The van der Waals surface area contributed by atoms with E-state index in [1.807, 2.05) is 84.6 Å². The lowest BCUT2D eigenvalue weighted by molar-refractivity contribution is -0.117. The zero-order valence-corrected chi connectivity index (χ0v) is 22.0. The number of halogens is 1. The van der Waals surface area contributed by atoms with Gasteiger partial charge in [-0.3, -0.25) is 9.59 Å². The summed E-state index contributed by atoms with van der Waals surface area (Å²) in [4.78, 5) is 28.8. The molecule has 36 heavy (non-hydrogen) atoms. The van der Waals surface area contributed by atoms with Gasteiger partial charge >= 0.3 is 0 Å². The minimum absolute atomic E-state index is 0.0334. The monoisotopic (exact) mass is 504 g/mol.